The number of fused-ring (bicyclic) bond motifs is 1. The van der Waals surface area contributed by atoms with Crippen molar-refractivity contribution in [3.05, 3.63) is 44.6 Å². The predicted octanol–water partition coefficient (Wildman–Crippen LogP) is 2.13. The molecule has 1 N–H and O–H groups in total. The second-order valence-electron chi connectivity index (χ2n) is 4.74. The van der Waals surface area contributed by atoms with Gasteiger partial charge in [0.1, 0.15) is 0 Å². The molecule has 84 valence electrons. The molecule has 0 aromatic heterocycles. The largest absolute Gasteiger partial charge is 0.378 e. The summed E-state index contributed by atoms with van der Waals surface area (Å²) in [5, 5.41) is 14.0. The second-order valence-corrected chi connectivity index (χ2v) is 4.74. The highest BCUT2D eigenvalue weighted by Gasteiger charge is 2.31. The molecule has 0 saturated carbocycles. The average molecular weight is 218 g/mol. The zero-order chi connectivity index (χ0) is 11.8. The molecular formula is C12H14N2O2. The maximum atomic E-state index is 10.7. The highest BCUT2D eigenvalue weighted by molar-refractivity contribution is 5.41. The van der Waals surface area contributed by atoms with E-state index < -0.39 is 4.92 Å². The van der Waals surface area contributed by atoms with Crippen LogP contribution >= 0.6 is 0 Å². The maximum absolute atomic E-state index is 10.7. The summed E-state index contributed by atoms with van der Waals surface area (Å²) in [5.41, 5.74) is 7.20. The van der Waals surface area contributed by atoms with E-state index >= 15 is 0 Å². The zero-order valence-corrected chi connectivity index (χ0v) is 9.46. The molecule has 1 saturated heterocycles. The Balaban J connectivity index is 2.53. The molecule has 0 aromatic rings. The first-order chi connectivity index (χ1) is 7.50. The molecule has 4 heteroatoms. The van der Waals surface area contributed by atoms with E-state index in [-0.39, 0.29) is 11.1 Å². The smallest absolute Gasteiger partial charge is 0.320 e. The van der Waals surface area contributed by atoms with Crippen LogP contribution in [0.25, 0.3) is 0 Å². The van der Waals surface area contributed by atoms with Crippen molar-refractivity contribution < 1.29 is 4.92 Å². The van der Waals surface area contributed by atoms with Crippen LogP contribution in [-0.4, -0.2) is 11.5 Å². The molecule has 0 bridgehead atoms. The number of nitro groups is 1. The van der Waals surface area contributed by atoms with Crippen molar-refractivity contribution >= 4 is 0 Å². The van der Waals surface area contributed by atoms with E-state index in [1.807, 2.05) is 0 Å². The normalized spacial score (nSPS) is 22.0. The minimum absolute atomic E-state index is 0.00414. The molecule has 0 amide bonds. The quantitative estimate of drug-likeness (QED) is 0.416. The van der Waals surface area contributed by atoms with E-state index in [4.69, 9.17) is 0 Å². The topological polar surface area (TPSA) is 55.2 Å². The van der Waals surface area contributed by atoms with Gasteiger partial charge in [0.05, 0.1) is 10.6 Å². The molecule has 0 spiro atoms. The van der Waals surface area contributed by atoms with Gasteiger partial charge in [0.15, 0.2) is 0 Å². The molecule has 0 radical (unpaired) electrons. The second kappa shape index (κ2) is 3.67. The molecular weight excluding hydrogens is 204 g/mol. The van der Waals surface area contributed by atoms with Crippen LogP contribution in [-0.2, 0) is 0 Å². The van der Waals surface area contributed by atoms with Crippen LogP contribution in [0.3, 0.4) is 0 Å². The fraction of sp³-hybridized carbons (Fsp3) is 0.500. The van der Waals surface area contributed by atoms with Crippen LogP contribution in [0, 0.1) is 15.5 Å². The minimum atomic E-state index is -0.419. The summed E-state index contributed by atoms with van der Waals surface area (Å²) in [6.45, 7) is 5.10. The summed E-state index contributed by atoms with van der Waals surface area (Å²) < 4.78 is 0. The Morgan fingerprint density at radius 3 is 2.94 bits per heavy atom. The summed E-state index contributed by atoms with van der Waals surface area (Å²) in [4.78, 5) is 10.3. The third-order valence-corrected chi connectivity index (χ3v) is 3.07. The fourth-order valence-corrected chi connectivity index (χ4v) is 2.09. The van der Waals surface area contributed by atoms with Crippen molar-refractivity contribution in [2.75, 3.05) is 6.54 Å². The molecule has 1 aliphatic carbocycles. The number of nitrogens with zero attached hydrogens (tertiary/aromatic N) is 1. The highest BCUT2D eigenvalue weighted by Crippen LogP contribution is 2.38. The molecule has 0 aromatic carbocycles. The number of allylic oxidation sites excluding steroid dienone is 2. The van der Waals surface area contributed by atoms with Gasteiger partial charge in [-0.05, 0) is 29.6 Å². The lowest BCUT2D eigenvalue weighted by atomic mass is 9.78. The van der Waals surface area contributed by atoms with E-state index in [0.29, 0.717) is 0 Å². The van der Waals surface area contributed by atoms with Gasteiger partial charge in [-0.1, -0.05) is 13.8 Å². The molecule has 0 atom stereocenters. The minimum Gasteiger partial charge on any atom is -0.378 e. The third kappa shape index (κ3) is 1.81. The molecule has 1 aliphatic heterocycles. The van der Waals surface area contributed by atoms with Crippen molar-refractivity contribution in [3.63, 3.8) is 0 Å². The van der Waals surface area contributed by atoms with Gasteiger partial charge in [0, 0.05) is 18.4 Å². The van der Waals surface area contributed by atoms with Crippen LogP contribution in [0.15, 0.2) is 34.5 Å². The summed E-state index contributed by atoms with van der Waals surface area (Å²) in [6, 6.07) is 0. The summed E-state index contributed by atoms with van der Waals surface area (Å²) >= 11 is 0. The molecule has 2 aliphatic rings. The summed E-state index contributed by atoms with van der Waals surface area (Å²) in [7, 11) is 0. The Morgan fingerprint density at radius 2 is 2.25 bits per heavy atom. The Kier molecular flexibility index (Phi) is 2.47. The Bertz CT molecular complexity index is 473. The molecule has 1 fully saturated rings. The lowest BCUT2D eigenvalue weighted by Crippen LogP contribution is -2.20. The predicted molar refractivity (Wildman–Crippen MR) is 60.1 cm³/mol. The van der Waals surface area contributed by atoms with Gasteiger partial charge >= 0.3 is 5.70 Å². The third-order valence-electron chi connectivity index (χ3n) is 3.07. The van der Waals surface area contributed by atoms with Gasteiger partial charge in [-0.3, -0.25) is 10.1 Å². The van der Waals surface area contributed by atoms with Crippen LogP contribution in [0.5, 0.6) is 0 Å². The average Bonchev–Trinajstić information content (AvgIpc) is 2.37. The van der Waals surface area contributed by atoms with Gasteiger partial charge in [0.2, 0.25) is 0 Å². The van der Waals surface area contributed by atoms with Crippen LogP contribution in [0.2, 0.25) is 0 Å². The van der Waals surface area contributed by atoms with Crippen LogP contribution in [0.1, 0.15) is 26.7 Å². The maximum Gasteiger partial charge on any atom is 0.320 e. The first kappa shape index (κ1) is 10.7. The molecule has 0 unspecified atom stereocenters. The van der Waals surface area contributed by atoms with Crippen LogP contribution < -0.4 is 5.32 Å². The first-order valence-corrected chi connectivity index (χ1v) is 5.37. The Hall–Kier alpha value is -1.76. The lowest BCUT2D eigenvalue weighted by Gasteiger charge is -2.25. The van der Waals surface area contributed by atoms with Gasteiger partial charge in [-0.25, -0.2) is 0 Å². The van der Waals surface area contributed by atoms with Crippen molar-refractivity contribution in [1.82, 2.24) is 5.32 Å². The van der Waals surface area contributed by atoms with Gasteiger partial charge < -0.3 is 5.32 Å². The lowest BCUT2D eigenvalue weighted by molar-refractivity contribution is -0.418. The van der Waals surface area contributed by atoms with E-state index in [0.717, 1.165) is 30.7 Å². The van der Waals surface area contributed by atoms with Crippen LogP contribution in [0.4, 0.5) is 0 Å². The van der Waals surface area contributed by atoms with Gasteiger partial charge in [0.25, 0.3) is 0 Å². The first-order valence-electron chi connectivity index (χ1n) is 5.37. The summed E-state index contributed by atoms with van der Waals surface area (Å²) in [5.74, 6) is 0. The van der Waals surface area contributed by atoms with Crippen molar-refractivity contribution in [1.29, 1.82) is 0 Å². The number of hydrogen-bond acceptors (Lipinski definition) is 3. The van der Waals surface area contributed by atoms with E-state index in [1.165, 1.54) is 0 Å². The number of rotatable bonds is 1. The molecule has 16 heavy (non-hydrogen) atoms. The molecule has 4 nitrogen and oxygen atoms in total. The van der Waals surface area contributed by atoms with Crippen molar-refractivity contribution in [2.45, 2.75) is 26.7 Å². The fourth-order valence-electron chi connectivity index (χ4n) is 2.09. The van der Waals surface area contributed by atoms with Crippen molar-refractivity contribution in [3.8, 4) is 0 Å². The van der Waals surface area contributed by atoms with Gasteiger partial charge in [-0.15, -0.1) is 0 Å². The van der Waals surface area contributed by atoms with E-state index in [2.05, 4.69) is 30.6 Å². The van der Waals surface area contributed by atoms with E-state index in [1.54, 1.807) is 6.08 Å². The van der Waals surface area contributed by atoms with E-state index in [9.17, 15) is 10.1 Å². The molecule has 1 heterocycles. The number of nitrogens with one attached hydrogen (secondary N) is 1. The number of hydrogen-bond donors (Lipinski definition) is 1. The monoisotopic (exact) mass is 218 g/mol. The Labute approximate surface area is 94.2 Å². The zero-order valence-electron chi connectivity index (χ0n) is 9.46. The SMILES string of the molecule is CC1(C)CCCNC2=C=C=C([N+](=O)[O-])C=C21. The molecule has 2 rings (SSSR count). The van der Waals surface area contributed by atoms with Gasteiger partial charge in [-0.2, -0.15) is 0 Å². The summed E-state index contributed by atoms with van der Waals surface area (Å²) in [6.07, 6.45) is 3.69. The standard InChI is InChI=1S/C12H14N2O2/c1-12(2)6-3-7-13-11-5-4-9(14(15)16)8-10(11)12/h8,13H,3,6-7H2,1-2H3. The highest BCUT2D eigenvalue weighted by atomic mass is 16.6. The Morgan fingerprint density at radius 1 is 1.50 bits per heavy atom. The van der Waals surface area contributed by atoms with Crippen molar-refractivity contribution in [2.24, 2.45) is 5.41 Å².